The Kier molecular flexibility index (Phi) is 6.49. The monoisotopic (exact) mass is 432 g/mol. The maximum absolute atomic E-state index is 11.6. The van der Waals surface area contributed by atoms with Gasteiger partial charge in [-0.25, -0.2) is 9.78 Å². The molecule has 8 heteroatoms. The largest absolute Gasteiger partial charge is 0.476 e. The van der Waals surface area contributed by atoms with Crippen LogP contribution in [0.5, 0.6) is 0 Å². The van der Waals surface area contributed by atoms with E-state index in [9.17, 15) is 20.1 Å². The van der Waals surface area contributed by atoms with Crippen LogP contribution in [0.4, 0.5) is 0 Å². The molecule has 0 aliphatic rings. The highest BCUT2D eigenvalue weighted by molar-refractivity contribution is 6.30. The molecule has 0 aliphatic carbocycles. The molecule has 3 aromatic rings. The van der Waals surface area contributed by atoms with Crippen LogP contribution in [0.15, 0.2) is 48.5 Å². The number of aliphatic hydroxyl groups is 2. The van der Waals surface area contributed by atoms with Crippen molar-refractivity contribution >= 4 is 29.2 Å². The van der Waals surface area contributed by atoms with Crippen LogP contribution < -0.4 is 0 Å². The molecule has 150 valence electrons. The fourth-order valence-corrected chi connectivity index (χ4v) is 3.18. The zero-order valence-electron chi connectivity index (χ0n) is 15.4. The fraction of sp³-hybridized carbons (Fsp3) is 0.190. The molecule has 0 bridgehead atoms. The van der Waals surface area contributed by atoms with Crippen LogP contribution in [0, 0.1) is 0 Å². The molecular weight excluding hydrogens is 415 g/mol. The van der Waals surface area contributed by atoms with Gasteiger partial charge in [-0.15, -0.1) is 0 Å². The van der Waals surface area contributed by atoms with Crippen molar-refractivity contribution in [1.82, 2.24) is 9.97 Å². The Labute approximate surface area is 177 Å². The topological polar surface area (TPSA) is 104 Å². The molecule has 1 heterocycles. The van der Waals surface area contributed by atoms with Gasteiger partial charge < -0.3 is 15.3 Å². The first-order valence-corrected chi connectivity index (χ1v) is 9.58. The summed E-state index contributed by atoms with van der Waals surface area (Å²) in [6.07, 6.45) is -2.24. The molecule has 0 fully saturated rings. The quantitative estimate of drug-likeness (QED) is 0.538. The SMILES string of the molecule is CCc1nc(C(O)c2ccc(Cl)cc2)c(C(O)c2ccc(Cl)cc2)nc1C(=O)O. The number of carbonyl (C=O) groups is 1. The molecule has 0 saturated carbocycles. The van der Waals surface area contributed by atoms with Gasteiger partial charge in [0.2, 0.25) is 0 Å². The summed E-state index contributed by atoms with van der Waals surface area (Å²) in [4.78, 5) is 20.2. The fourth-order valence-electron chi connectivity index (χ4n) is 2.92. The number of carboxylic acid groups (broad SMARTS) is 1. The number of rotatable bonds is 6. The zero-order chi connectivity index (χ0) is 21.1. The summed E-state index contributed by atoms with van der Waals surface area (Å²) in [5.74, 6) is -1.26. The van der Waals surface area contributed by atoms with E-state index < -0.39 is 18.2 Å². The number of nitrogens with zero attached hydrogens (tertiary/aromatic N) is 2. The number of aliphatic hydroxyl groups excluding tert-OH is 2. The van der Waals surface area contributed by atoms with Crippen LogP contribution in [0.3, 0.4) is 0 Å². The van der Waals surface area contributed by atoms with E-state index in [0.29, 0.717) is 27.6 Å². The van der Waals surface area contributed by atoms with Crippen molar-refractivity contribution in [3.05, 3.63) is 92.5 Å². The zero-order valence-corrected chi connectivity index (χ0v) is 16.9. The maximum atomic E-state index is 11.6. The average Bonchev–Trinajstić information content (AvgIpc) is 2.72. The lowest BCUT2D eigenvalue weighted by molar-refractivity contribution is 0.0686. The molecule has 3 rings (SSSR count). The normalized spacial score (nSPS) is 13.1. The molecule has 29 heavy (non-hydrogen) atoms. The molecule has 3 N–H and O–H groups in total. The van der Waals surface area contributed by atoms with Gasteiger partial charge >= 0.3 is 5.97 Å². The van der Waals surface area contributed by atoms with Gasteiger partial charge in [0.05, 0.1) is 17.1 Å². The number of aryl methyl sites for hydroxylation is 1. The van der Waals surface area contributed by atoms with Gasteiger partial charge in [0.15, 0.2) is 5.69 Å². The number of halogens is 2. The summed E-state index contributed by atoms with van der Waals surface area (Å²) in [6, 6.07) is 12.9. The van der Waals surface area contributed by atoms with Crippen molar-refractivity contribution < 1.29 is 20.1 Å². The lowest BCUT2D eigenvalue weighted by atomic mass is 9.98. The van der Waals surface area contributed by atoms with E-state index in [1.807, 2.05) is 0 Å². The smallest absolute Gasteiger partial charge is 0.356 e. The molecular formula is C21H18Cl2N2O4. The van der Waals surface area contributed by atoms with Gasteiger partial charge in [0.25, 0.3) is 0 Å². The van der Waals surface area contributed by atoms with Gasteiger partial charge in [-0.3, -0.25) is 4.98 Å². The van der Waals surface area contributed by atoms with Crippen LogP contribution in [-0.2, 0) is 6.42 Å². The molecule has 0 saturated heterocycles. The molecule has 2 unspecified atom stereocenters. The summed E-state index contributed by atoms with van der Waals surface area (Å²) in [5, 5.41) is 32.3. The number of hydrogen-bond acceptors (Lipinski definition) is 5. The van der Waals surface area contributed by atoms with Crippen molar-refractivity contribution in [3.63, 3.8) is 0 Å². The Morgan fingerprint density at radius 2 is 1.28 bits per heavy atom. The van der Waals surface area contributed by atoms with E-state index in [1.54, 1.807) is 55.5 Å². The lowest BCUT2D eigenvalue weighted by Crippen LogP contribution is -2.19. The molecule has 0 spiro atoms. The highest BCUT2D eigenvalue weighted by atomic mass is 35.5. The minimum atomic E-state index is -1.30. The third kappa shape index (κ3) is 4.57. The Bertz CT molecular complexity index is 1020. The second kappa shape index (κ2) is 8.88. The lowest BCUT2D eigenvalue weighted by Gasteiger charge is -2.20. The number of aromatic carboxylic acids is 1. The van der Waals surface area contributed by atoms with Gasteiger partial charge in [-0.1, -0.05) is 54.4 Å². The third-order valence-corrected chi connectivity index (χ3v) is 4.95. The van der Waals surface area contributed by atoms with Crippen LogP contribution in [0.2, 0.25) is 10.0 Å². The van der Waals surface area contributed by atoms with E-state index in [0.717, 1.165) is 0 Å². The van der Waals surface area contributed by atoms with Gasteiger partial charge in [-0.05, 0) is 41.8 Å². The highest BCUT2D eigenvalue weighted by Crippen LogP contribution is 2.31. The minimum Gasteiger partial charge on any atom is -0.476 e. The van der Waals surface area contributed by atoms with Crippen molar-refractivity contribution in [2.24, 2.45) is 0 Å². The predicted octanol–water partition coefficient (Wildman–Crippen LogP) is 4.21. The van der Waals surface area contributed by atoms with E-state index in [1.165, 1.54) is 0 Å². The highest BCUT2D eigenvalue weighted by Gasteiger charge is 2.27. The number of hydrogen-bond donors (Lipinski definition) is 3. The Balaban J connectivity index is 2.18. The Morgan fingerprint density at radius 3 is 1.66 bits per heavy atom. The maximum Gasteiger partial charge on any atom is 0.356 e. The molecule has 2 atom stereocenters. The second-order valence-corrected chi connectivity index (χ2v) is 7.23. The van der Waals surface area contributed by atoms with Gasteiger partial charge in [0.1, 0.15) is 12.2 Å². The van der Waals surface area contributed by atoms with Crippen molar-refractivity contribution in [2.75, 3.05) is 0 Å². The van der Waals surface area contributed by atoms with Crippen molar-refractivity contribution in [1.29, 1.82) is 0 Å². The van der Waals surface area contributed by atoms with Crippen LogP contribution >= 0.6 is 23.2 Å². The van der Waals surface area contributed by atoms with Crippen LogP contribution in [0.1, 0.15) is 57.8 Å². The first-order valence-electron chi connectivity index (χ1n) is 8.82. The first-order chi connectivity index (χ1) is 13.8. The first kappa shape index (κ1) is 21.2. The second-order valence-electron chi connectivity index (χ2n) is 6.36. The summed E-state index contributed by atoms with van der Waals surface area (Å²) < 4.78 is 0. The molecule has 2 aromatic carbocycles. The number of aromatic nitrogens is 2. The van der Waals surface area contributed by atoms with Crippen molar-refractivity contribution in [3.8, 4) is 0 Å². The molecule has 0 radical (unpaired) electrons. The van der Waals surface area contributed by atoms with Gasteiger partial charge in [0, 0.05) is 10.0 Å². The standard InChI is InChI=1S/C21H18Cl2N2O4/c1-2-15-16(21(28)29)25-18(20(27)12-5-9-14(23)10-6-12)17(24-15)19(26)11-3-7-13(22)8-4-11/h3-10,19-20,26-27H,2H2,1H3,(H,28,29). The van der Waals surface area contributed by atoms with E-state index >= 15 is 0 Å². The Morgan fingerprint density at radius 1 is 0.862 bits per heavy atom. The van der Waals surface area contributed by atoms with Crippen LogP contribution in [-0.4, -0.2) is 31.3 Å². The molecule has 0 aliphatic heterocycles. The third-order valence-electron chi connectivity index (χ3n) is 4.45. The number of carboxylic acids is 1. The van der Waals surface area contributed by atoms with Crippen LogP contribution in [0.25, 0.3) is 0 Å². The van der Waals surface area contributed by atoms with Gasteiger partial charge in [-0.2, -0.15) is 0 Å². The number of benzene rings is 2. The Hall–Kier alpha value is -2.51. The summed E-state index contributed by atoms with van der Waals surface area (Å²) in [6.45, 7) is 1.74. The van der Waals surface area contributed by atoms with E-state index in [2.05, 4.69) is 9.97 Å². The summed E-state index contributed by atoms with van der Waals surface area (Å²) >= 11 is 11.8. The van der Waals surface area contributed by atoms with E-state index in [4.69, 9.17) is 23.2 Å². The summed E-state index contributed by atoms with van der Waals surface area (Å²) in [5.41, 5.74) is 0.920. The van der Waals surface area contributed by atoms with Crippen molar-refractivity contribution in [2.45, 2.75) is 25.6 Å². The predicted molar refractivity (Wildman–Crippen MR) is 109 cm³/mol. The average molecular weight is 433 g/mol. The molecule has 6 nitrogen and oxygen atoms in total. The summed E-state index contributed by atoms with van der Waals surface area (Å²) in [7, 11) is 0. The molecule has 0 amide bonds. The minimum absolute atomic E-state index is 0.0376. The van der Waals surface area contributed by atoms with E-state index in [-0.39, 0.29) is 22.8 Å². The molecule has 1 aromatic heterocycles.